The maximum atomic E-state index is 12.1. The van der Waals surface area contributed by atoms with Gasteiger partial charge < -0.3 is 9.64 Å². The van der Waals surface area contributed by atoms with Crippen molar-refractivity contribution in [2.24, 2.45) is 13.0 Å². The minimum atomic E-state index is -0.104. The molecule has 1 fully saturated rings. The van der Waals surface area contributed by atoms with Crippen molar-refractivity contribution in [3.63, 3.8) is 0 Å². The highest BCUT2D eigenvalue weighted by Gasteiger charge is 2.29. The Kier molecular flexibility index (Phi) is 4.97. The van der Waals surface area contributed by atoms with Gasteiger partial charge in [0.15, 0.2) is 5.65 Å². The third kappa shape index (κ3) is 3.20. The smallest absolute Gasteiger partial charge is 0.310 e. The first-order chi connectivity index (χ1) is 11.6. The molecule has 1 aliphatic heterocycles. The molecule has 0 bridgehead atoms. The summed E-state index contributed by atoms with van der Waals surface area (Å²) < 4.78 is 6.99. The molecule has 130 valence electrons. The number of rotatable bonds is 5. The lowest BCUT2D eigenvalue weighted by molar-refractivity contribution is -0.148. The van der Waals surface area contributed by atoms with Crippen LogP contribution in [0.5, 0.6) is 0 Å². The van der Waals surface area contributed by atoms with Gasteiger partial charge in [0.25, 0.3) is 0 Å². The van der Waals surface area contributed by atoms with Crippen molar-refractivity contribution >= 4 is 22.8 Å². The molecular formula is C17H25N5O2. The number of carbonyl (C=O) groups excluding carboxylic acids is 1. The van der Waals surface area contributed by atoms with Crippen molar-refractivity contribution < 1.29 is 9.53 Å². The van der Waals surface area contributed by atoms with Gasteiger partial charge in [-0.2, -0.15) is 5.10 Å². The Morgan fingerprint density at radius 3 is 2.96 bits per heavy atom. The van der Waals surface area contributed by atoms with E-state index < -0.39 is 0 Å². The maximum absolute atomic E-state index is 12.1. The minimum absolute atomic E-state index is 0.0880. The summed E-state index contributed by atoms with van der Waals surface area (Å²) in [4.78, 5) is 23.7. The number of anilines is 1. The van der Waals surface area contributed by atoms with Gasteiger partial charge in [-0.1, -0.05) is 6.92 Å². The Morgan fingerprint density at radius 2 is 2.21 bits per heavy atom. The summed E-state index contributed by atoms with van der Waals surface area (Å²) >= 11 is 0. The van der Waals surface area contributed by atoms with Gasteiger partial charge in [0.2, 0.25) is 0 Å². The van der Waals surface area contributed by atoms with E-state index >= 15 is 0 Å². The number of carbonyl (C=O) groups is 1. The molecule has 0 spiro atoms. The minimum Gasteiger partial charge on any atom is -0.466 e. The normalized spacial score (nSPS) is 18.1. The number of ether oxygens (including phenoxy) is 1. The number of esters is 1. The lowest BCUT2D eigenvalue weighted by Gasteiger charge is -2.32. The van der Waals surface area contributed by atoms with Gasteiger partial charge in [0.05, 0.1) is 24.1 Å². The molecule has 0 saturated carbocycles. The van der Waals surface area contributed by atoms with Crippen LogP contribution in [0.3, 0.4) is 0 Å². The zero-order chi connectivity index (χ0) is 17.1. The van der Waals surface area contributed by atoms with Crippen LogP contribution in [0.25, 0.3) is 11.0 Å². The molecule has 0 radical (unpaired) electrons. The van der Waals surface area contributed by atoms with E-state index in [1.165, 1.54) is 0 Å². The van der Waals surface area contributed by atoms with E-state index in [1.54, 1.807) is 4.68 Å². The van der Waals surface area contributed by atoms with Gasteiger partial charge in [-0.05, 0) is 26.2 Å². The molecule has 1 aliphatic rings. The summed E-state index contributed by atoms with van der Waals surface area (Å²) in [5.74, 6) is 1.54. The second kappa shape index (κ2) is 7.15. The van der Waals surface area contributed by atoms with E-state index in [9.17, 15) is 4.79 Å². The van der Waals surface area contributed by atoms with Gasteiger partial charge in [0, 0.05) is 26.6 Å². The third-order valence-electron chi connectivity index (χ3n) is 4.43. The molecule has 0 unspecified atom stereocenters. The van der Waals surface area contributed by atoms with Gasteiger partial charge in [-0.3, -0.25) is 9.48 Å². The SMILES string of the molecule is CCCc1nc(N2CCC[C@@H](C(=O)OCC)C2)c2cnn(C)c2n1. The van der Waals surface area contributed by atoms with Crippen LogP contribution in [-0.2, 0) is 23.0 Å². The van der Waals surface area contributed by atoms with E-state index in [1.807, 2.05) is 20.2 Å². The molecule has 0 aliphatic carbocycles. The Morgan fingerprint density at radius 1 is 1.38 bits per heavy atom. The number of fused-ring (bicyclic) bond motifs is 1. The highest BCUT2D eigenvalue weighted by atomic mass is 16.5. The largest absolute Gasteiger partial charge is 0.466 e. The van der Waals surface area contributed by atoms with Crippen molar-refractivity contribution in [2.45, 2.75) is 39.5 Å². The molecule has 0 N–H and O–H groups in total. The standard InChI is InChI=1S/C17H25N5O2/c1-4-7-14-19-15-13(10-18-21(15)3)16(20-14)22-9-6-8-12(11-22)17(23)24-5-2/h10,12H,4-9,11H2,1-3H3/t12-/m1/s1. The number of aryl methyl sites for hydroxylation is 2. The number of hydrogen-bond donors (Lipinski definition) is 0. The summed E-state index contributed by atoms with van der Waals surface area (Å²) in [6, 6.07) is 0. The Bertz CT molecular complexity index is 727. The average molecular weight is 331 g/mol. The number of piperidine rings is 1. The maximum Gasteiger partial charge on any atom is 0.310 e. The molecule has 1 saturated heterocycles. The lowest BCUT2D eigenvalue weighted by Crippen LogP contribution is -2.40. The monoisotopic (exact) mass is 331 g/mol. The first kappa shape index (κ1) is 16.7. The molecule has 2 aromatic rings. The third-order valence-corrected chi connectivity index (χ3v) is 4.43. The van der Waals surface area contributed by atoms with Gasteiger partial charge in [0.1, 0.15) is 11.6 Å². The zero-order valence-corrected chi connectivity index (χ0v) is 14.7. The quantitative estimate of drug-likeness (QED) is 0.781. The van der Waals surface area contributed by atoms with E-state index in [2.05, 4.69) is 21.9 Å². The fourth-order valence-electron chi connectivity index (χ4n) is 3.25. The van der Waals surface area contributed by atoms with Crippen LogP contribution >= 0.6 is 0 Å². The van der Waals surface area contributed by atoms with Crippen LogP contribution in [-0.4, -0.2) is 45.4 Å². The van der Waals surface area contributed by atoms with Crippen molar-refractivity contribution in [3.05, 3.63) is 12.0 Å². The predicted molar refractivity (Wildman–Crippen MR) is 91.9 cm³/mol. The van der Waals surface area contributed by atoms with Crippen LogP contribution in [0.15, 0.2) is 6.20 Å². The lowest BCUT2D eigenvalue weighted by atomic mass is 9.98. The molecule has 3 heterocycles. The zero-order valence-electron chi connectivity index (χ0n) is 14.7. The Labute approximate surface area is 142 Å². The molecule has 2 aromatic heterocycles. The fraction of sp³-hybridized carbons (Fsp3) is 0.647. The van der Waals surface area contributed by atoms with Crippen molar-refractivity contribution in [3.8, 4) is 0 Å². The van der Waals surface area contributed by atoms with E-state index in [0.717, 1.165) is 54.9 Å². The second-order valence-corrected chi connectivity index (χ2v) is 6.26. The molecule has 0 amide bonds. The Hall–Kier alpha value is -2.18. The number of aromatic nitrogens is 4. The average Bonchev–Trinajstić information content (AvgIpc) is 2.96. The van der Waals surface area contributed by atoms with E-state index in [-0.39, 0.29) is 11.9 Å². The van der Waals surface area contributed by atoms with Crippen LogP contribution in [0.1, 0.15) is 38.9 Å². The predicted octanol–water partition coefficient (Wildman–Crippen LogP) is 2.10. The highest BCUT2D eigenvalue weighted by Crippen LogP contribution is 2.28. The van der Waals surface area contributed by atoms with Crippen LogP contribution in [0.4, 0.5) is 5.82 Å². The Balaban J connectivity index is 1.94. The number of nitrogens with zero attached hydrogens (tertiary/aromatic N) is 5. The number of hydrogen-bond acceptors (Lipinski definition) is 6. The first-order valence-electron chi connectivity index (χ1n) is 8.74. The topological polar surface area (TPSA) is 73.1 Å². The van der Waals surface area contributed by atoms with Crippen molar-refractivity contribution in [1.82, 2.24) is 19.7 Å². The van der Waals surface area contributed by atoms with Crippen LogP contribution in [0.2, 0.25) is 0 Å². The molecule has 7 nitrogen and oxygen atoms in total. The van der Waals surface area contributed by atoms with Gasteiger partial charge in [-0.15, -0.1) is 0 Å². The highest BCUT2D eigenvalue weighted by molar-refractivity contribution is 5.87. The summed E-state index contributed by atoms with van der Waals surface area (Å²) in [5.41, 5.74) is 0.849. The van der Waals surface area contributed by atoms with E-state index in [4.69, 9.17) is 9.72 Å². The summed E-state index contributed by atoms with van der Waals surface area (Å²) in [6.07, 6.45) is 5.47. The second-order valence-electron chi connectivity index (χ2n) is 6.26. The molecule has 1 atom stereocenters. The molecule has 24 heavy (non-hydrogen) atoms. The molecule has 3 rings (SSSR count). The summed E-state index contributed by atoms with van der Waals surface area (Å²) in [6.45, 7) is 5.93. The van der Waals surface area contributed by atoms with Crippen LogP contribution in [0, 0.1) is 5.92 Å². The fourth-order valence-corrected chi connectivity index (χ4v) is 3.25. The van der Waals surface area contributed by atoms with Crippen molar-refractivity contribution in [2.75, 3.05) is 24.6 Å². The van der Waals surface area contributed by atoms with Gasteiger partial charge >= 0.3 is 5.97 Å². The molecular weight excluding hydrogens is 306 g/mol. The van der Waals surface area contributed by atoms with Crippen molar-refractivity contribution in [1.29, 1.82) is 0 Å². The van der Waals surface area contributed by atoms with E-state index in [0.29, 0.717) is 13.2 Å². The molecule has 7 heteroatoms. The van der Waals surface area contributed by atoms with Gasteiger partial charge in [-0.25, -0.2) is 9.97 Å². The molecule has 0 aromatic carbocycles. The van der Waals surface area contributed by atoms with Crippen LogP contribution < -0.4 is 4.90 Å². The summed E-state index contributed by atoms with van der Waals surface area (Å²) in [5, 5.41) is 5.28. The first-order valence-corrected chi connectivity index (χ1v) is 8.74. The summed E-state index contributed by atoms with van der Waals surface area (Å²) in [7, 11) is 1.90.